The minimum Gasteiger partial charge on any atom is -0.395 e. The molecular weight excluding hydrogens is 262 g/mol. The van der Waals surface area contributed by atoms with Crippen LogP contribution in [0.5, 0.6) is 0 Å². The Hall–Kier alpha value is -1.79. The van der Waals surface area contributed by atoms with Crippen LogP contribution in [0.2, 0.25) is 0 Å². The van der Waals surface area contributed by atoms with Gasteiger partial charge in [0.1, 0.15) is 0 Å². The lowest BCUT2D eigenvalue weighted by atomic mass is 10.0. The zero-order chi connectivity index (χ0) is 15.7. The van der Waals surface area contributed by atoms with Crippen LogP contribution < -0.4 is 0 Å². The number of carbonyl (C=O) groups is 1. The van der Waals surface area contributed by atoms with E-state index in [1.807, 2.05) is 30.0 Å². The van der Waals surface area contributed by atoms with Crippen molar-refractivity contribution in [2.24, 2.45) is 0 Å². The second-order valence-corrected chi connectivity index (χ2v) is 5.12. The molecule has 1 N–H and O–H groups in total. The van der Waals surface area contributed by atoms with Crippen molar-refractivity contribution in [3.8, 4) is 11.8 Å². The van der Waals surface area contributed by atoms with E-state index < -0.39 is 0 Å². The third-order valence-electron chi connectivity index (χ3n) is 3.14. The van der Waals surface area contributed by atoms with Crippen molar-refractivity contribution >= 4 is 5.91 Å². The molecule has 0 aliphatic rings. The van der Waals surface area contributed by atoms with Crippen LogP contribution in [0.15, 0.2) is 18.2 Å². The van der Waals surface area contributed by atoms with E-state index in [1.54, 1.807) is 0 Å². The first-order valence-corrected chi connectivity index (χ1v) is 7.63. The van der Waals surface area contributed by atoms with E-state index in [-0.39, 0.29) is 12.5 Å². The average molecular weight is 287 g/mol. The molecule has 1 amide bonds. The summed E-state index contributed by atoms with van der Waals surface area (Å²) in [7, 11) is 0. The number of aryl methyl sites for hydroxylation is 1. The maximum absolute atomic E-state index is 12.7. The van der Waals surface area contributed by atoms with Crippen LogP contribution in [-0.4, -0.2) is 35.6 Å². The fourth-order valence-corrected chi connectivity index (χ4v) is 2.19. The molecule has 0 unspecified atom stereocenters. The normalized spacial score (nSPS) is 9.90. The maximum atomic E-state index is 12.7. The molecule has 0 fully saturated rings. The molecule has 1 aromatic carbocycles. The van der Waals surface area contributed by atoms with Crippen LogP contribution in [0, 0.1) is 18.8 Å². The van der Waals surface area contributed by atoms with Gasteiger partial charge in [0.2, 0.25) is 0 Å². The lowest BCUT2D eigenvalue weighted by Gasteiger charge is -2.22. The SMILES string of the molecule is CCCN(CCC)C(=O)c1ccc(C)cc1C#CCCO. The van der Waals surface area contributed by atoms with Gasteiger partial charge in [-0.2, -0.15) is 0 Å². The lowest BCUT2D eigenvalue weighted by Crippen LogP contribution is -2.33. The monoisotopic (exact) mass is 287 g/mol. The van der Waals surface area contributed by atoms with Gasteiger partial charge in [-0.3, -0.25) is 4.79 Å². The summed E-state index contributed by atoms with van der Waals surface area (Å²) >= 11 is 0. The van der Waals surface area contributed by atoms with Crippen molar-refractivity contribution in [2.45, 2.75) is 40.0 Å². The summed E-state index contributed by atoms with van der Waals surface area (Å²) in [5.74, 6) is 5.97. The van der Waals surface area contributed by atoms with E-state index >= 15 is 0 Å². The lowest BCUT2D eigenvalue weighted by molar-refractivity contribution is 0.0755. The van der Waals surface area contributed by atoms with Crippen LogP contribution in [0.4, 0.5) is 0 Å². The Bertz CT molecular complexity index is 520. The molecular formula is C18H25NO2. The van der Waals surface area contributed by atoms with Crippen LogP contribution >= 0.6 is 0 Å². The van der Waals surface area contributed by atoms with E-state index in [9.17, 15) is 4.79 Å². The van der Waals surface area contributed by atoms with Gasteiger partial charge in [-0.25, -0.2) is 0 Å². The summed E-state index contributed by atoms with van der Waals surface area (Å²) in [5.41, 5.74) is 2.50. The molecule has 0 atom stereocenters. The summed E-state index contributed by atoms with van der Waals surface area (Å²) in [6.07, 6.45) is 2.32. The highest BCUT2D eigenvalue weighted by atomic mass is 16.2. The minimum atomic E-state index is 0.0416. The third-order valence-corrected chi connectivity index (χ3v) is 3.14. The molecule has 0 radical (unpaired) electrons. The highest BCUT2D eigenvalue weighted by molar-refractivity contribution is 5.96. The number of hydrogen-bond acceptors (Lipinski definition) is 2. The number of aliphatic hydroxyl groups excluding tert-OH is 1. The Morgan fingerprint density at radius 1 is 1.24 bits per heavy atom. The molecule has 0 heterocycles. The van der Waals surface area contributed by atoms with Gasteiger partial charge in [0.25, 0.3) is 5.91 Å². The first-order valence-electron chi connectivity index (χ1n) is 7.63. The van der Waals surface area contributed by atoms with Crippen molar-refractivity contribution in [1.29, 1.82) is 0 Å². The maximum Gasteiger partial charge on any atom is 0.255 e. The smallest absolute Gasteiger partial charge is 0.255 e. The van der Waals surface area contributed by atoms with E-state index in [1.165, 1.54) is 0 Å². The Morgan fingerprint density at radius 2 is 1.90 bits per heavy atom. The first-order chi connectivity index (χ1) is 10.1. The Morgan fingerprint density at radius 3 is 2.48 bits per heavy atom. The Labute approximate surface area is 128 Å². The number of nitrogens with zero attached hydrogens (tertiary/aromatic N) is 1. The predicted molar refractivity (Wildman–Crippen MR) is 86.2 cm³/mol. The molecule has 0 saturated heterocycles. The van der Waals surface area contributed by atoms with Gasteiger partial charge >= 0.3 is 0 Å². The number of rotatable bonds is 6. The topological polar surface area (TPSA) is 40.5 Å². The zero-order valence-electron chi connectivity index (χ0n) is 13.3. The van der Waals surface area contributed by atoms with Gasteiger partial charge in [-0.1, -0.05) is 31.8 Å². The zero-order valence-corrected chi connectivity index (χ0v) is 13.3. The number of carbonyl (C=O) groups excluding carboxylic acids is 1. The number of amides is 1. The highest BCUT2D eigenvalue weighted by Crippen LogP contribution is 2.14. The fourth-order valence-electron chi connectivity index (χ4n) is 2.19. The summed E-state index contributed by atoms with van der Waals surface area (Å²) < 4.78 is 0. The van der Waals surface area contributed by atoms with Crippen molar-refractivity contribution in [1.82, 2.24) is 4.90 Å². The van der Waals surface area contributed by atoms with Crippen molar-refractivity contribution < 1.29 is 9.90 Å². The Kier molecular flexibility index (Phi) is 7.56. The molecule has 1 rings (SSSR count). The standard InChI is InChI=1S/C18H25NO2/c1-4-11-19(12-5-2)18(21)17-10-9-15(3)14-16(17)8-6-7-13-20/h9-10,14,20H,4-5,7,11-13H2,1-3H3. The summed E-state index contributed by atoms with van der Waals surface area (Å²) in [5, 5.41) is 8.83. The third kappa shape index (κ3) is 5.24. The van der Waals surface area contributed by atoms with E-state index in [2.05, 4.69) is 25.7 Å². The van der Waals surface area contributed by atoms with Crippen LogP contribution in [0.1, 0.15) is 54.6 Å². The molecule has 0 aliphatic carbocycles. The van der Waals surface area contributed by atoms with Crippen molar-refractivity contribution in [2.75, 3.05) is 19.7 Å². The van der Waals surface area contributed by atoms with Crippen molar-refractivity contribution in [3.05, 3.63) is 34.9 Å². The number of aliphatic hydroxyl groups is 1. The summed E-state index contributed by atoms with van der Waals surface area (Å²) in [6.45, 7) is 7.72. The predicted octanol–water partition coefficient (Wildman–Crippen LogP) is 2.99. The van der Waals surface area contributed by atoms with Gasteiger partial charge in [-0.15, -0.1) is 0 Å². The van der Waals surface area contributed by atoms with E-state index in [4.69, 9.17) is 5.11 Å². The molecule has 1 aromatic rings. The quantitative estimate of drug-likeness (QED) is 0.817. The van der Waals surface area contributed by atoms with Gasteiger partial charge in [0.05, 0.1) is 12.2 Å². The molecule has 0 saturated carbocycles. The molecule has 0 bridgehead atoms. The molecule has 0 aromatic heterocycles. The molecule has 0 spiro atoms. The van der Waals surface area contributed by atoms with Crippen LogP contribution in [-0.2, 0) is 0 Å². The molecule has 3 heteroatoms. The van der Waals surface area contributed by atoms with Gasteiger partial charge in [-0.05, 0) is 37.5 Å². The minimum absolute atomic E-state index is 0.0416. The highest BCUT2D eigenvalue weighted by Gasteiger charge is 2.17. The second kappa shape index (κ2) is 9.20. The fraction of sp³-hybridized carbons (Fsp3) is 0.500. The molecule has 21 heavy (non-hydrogen) atoms. The molecule has 0 aliphatic heterocycles. The van der Waals surface area contributed by atoms with E-state index in [0.29, 0.717) is 12.0 Å². The van der Waals surface area contributed by atoms with E-state index in [0.717, 1.165) is 37.1 Å². The number of hydrogen-bond donors (Lipinski definition) is 1. The van der Waals surface area contributed by atoms with Crippen LogP contribution in [0.25, 0.3) is 0 Å². The average Bonchev–Trinajstić information content (AvgIpc) is 2.47. The summed E-state index contributed by atoms with van der Waals surface area (Å²) in [6, 6.07) is 5.74. The van der Waals surface area contributed by atoms with Gasteiger partial charge in [0.15, 0.2) is 0 Å². The van der Waals surface area contributed by atoms with Crippen molar-refractivity contribution in [3.63, 3.8) is 0 Å². The van der Waals surface area contributed by atoms with Crippen LogP contribution in [0.3, 0.4) is 0 Å². The second-order valence-electron chi connectivity index (χ2n) is 5.12. The molecule has 114 valence electrons. The summed E-state index contributed by atoms with van der Waals surface area (Å²) in [4.78, 5) is 14.6. The Balaban J connectivity index is 3.10. The van der Waals surface area contributed by atoms with Gasteiger partial charge in [0, 0.05) is 25.1 Å². The van der Waals surface area contributed by atoms with Gasteiger partial charge < -0.3 is 10.0 Å². The first kappa shape index (κ1) is 17.3. The largest absolute Gasteiger partial charge is 0.395 e. The number of benzene rings is 1. The molecule has 3 nitrogen and oxygen atoms in total.